The Morgan fingerprint density at radius 3 is 2.64 bits per heavy atom. The first-order valence-electron chi connectivity index (χ1n) is 4.70. The molecule has 1 aromatic heterocycles. The molecule has 0 aliphatic carbocycles. The molecule has 1 aromatic rings. The van der Waals surface area contributed by atoms with Gasteiger partial charge in [-0.3, -0.25) is 4.68 Å². The molecule has 0 atom stereocenters. The molecular formula is C9H12BrN3O. The Hall–Kier alpha value is -0.550. The molecule has 3 rings (SSSR count). The summed E-state index contributed by atoms with van der Waals surface area (Å²) >= 11 is 3.51. The molecule has 0 saturated carbocycles. The first-order chi connectivity index (χ1) is 6.69. The van der Waals surface area contributed by atoms with Crippen molar-refractivity contribution < 1.29 is 4.74 Å². The monoisotopic (exact) mass is 257 g/mol. The molecule has 0 bridgehead atoms. The average Bonchev–Trinajstić information content (AvgIpc) is 2.24. The van der Waals surface area contributed by atoms with Crippen molar-refractivity contribution in [3.63, 3.8) is 0 Å². The summed E-state index contributed by atoms with van der Waals surface area (Å²) < 4.78 is 8.15. The van der Waals surface area contributed by atoms with E-state index in [1.807, 2.05) is 17.9 Å². The molecule has 2 aliphatic rings. The molecule has 1 spiro atoms. The summed E-state index contributed by atoms with van der Waals surface area (Å²) in [6.45, 7) is 4.02. The summed E-state index contributed by atoms with van der Waals surface area (Å²) in [5.74, 6) is 1.06. The summed E-state index contributed by atoms with van der Waals surface area (Å²) in [6, 6.07) is 0. The van der Waals surface area contributed by atoms with Crippen molar-refractivity contribution in [2.45, 2.75) is 0 Å². The van der Waals surface area contributed by atoms with Crippen LogP contribution in [0.1, 0.15) is 0 Å². The minimum absolute atomic E-state index is 0.455. The van der Waals surface area contributed by atoms with Gasteiger partial charge in [-0.25, -0.2) is 0 Å². The summed E-state index contributed by atoms with van der Waals surface area (Å²) in [6.07, 6.45) is 1.98. The minimum Gasteiger partial charge on any atom is -0.380 e. The number of hydrogen-bond acceptors (Lipinski definition) is 3. The van der Waals surface area contributed by atoms with Crippen molar-refractivity contribution >= 4 is 21.7 Å². The van der Waals surface area contributed by atoms with Crippen molar-refractivity contribution in [3.8, 4) is 0 Å². The van der Waals surface area contributed by atoms with Crippen molar-refractivity contribution in [1.82, 2.24) is 9.78 Å². The fraction of sp³-hybridized carbons (Fsp3) is 0.667. The fourth-order valence-electron chi connectivity index (χ4n) is 2.15. The molecule has 2 saturated heterocycles. The van der Waals surface area contributed by atoms with E-state index < -0.39 is 0 Å². The summed E-state index contributed by atoms with van der Waals surface area (Å²) in [5, 5.41) is 4.41. The summed E-state index contributed by atoms with van der Waals surface area (Å²) in [5.41, 5.74) is 0.455. The quantitative estimate of drug-likeness (QED) is 0.753. The molecule has 76 valence electrons. The van der Waals surface area contributed by atoms with Crippen LogP contribution in [0.5, 0.6) is 0 Å². The van der Waals surface area contributed by atoms with Gasteiger partial charge in [-0.2, -0.15) is 5.10 Å². The van der Waals surface area contributed by atoms with E-state index in [4.69, 9.17) is 4.74 Å². The normalized spacial score (nSPS) is 23.4. The van der Waals surface area contributed by atoms with Crippen molar-refractivity contribution in [3.05, 3.63) is 10.7 Å². The van der Waals surface area contributed by atoms with E-state index in [-0.39, 0.29) is 0 Å². The Labute approximate surface area is 91.0 Å². The van der Waals surface area contributed by atoms with E-state index in [1.165, 1.54) is 0 Å². The van der Waals surface area contributed by atoms with Crippen LogP contribution in [-0.2, 0) is 11.8 Å². The Kier molecular flexibility index (Phi) is 1.70. The molecular weight excluding hydrogens is 246 g/mol. The number of anilines is 1. The van der Waals surface area contributed by atoms with Gasteiger partial charge < -0.3 is 9.64 Å². The van der Waals surface area contributed by atoms with Gasteiger partial charge in [0.25, 0.3) is 0 Å². The maximum absolute atomic E-state index is 5.24. The maximum atomic E-state index is 5.24. The summed E-state index contributed by atoms with van der Waals surface area (Å²) in [4.78, 5) is 2.30. The predicted octanol–water partition coefficient (Wildman–Crippen LogP) is 1.02. The van der Waals surface area contributed by atoms with Crippen molar-refractivity contribution in [2.24, 2.45) is 12.5 Å². The molecule has 3 heterocycles. The molecule has 2 fully saturated rings. The molecule has 0 aromatic carbocycles. The van der Waals surface area contributed by atoms with Gasteiger partial charge in [0.15, 0.2) is 5.82 Å². The van der Waals surface area contributed by atoms with Crippen LogP contribution in [-0.4, -0.2) is 36.1 Å². The topological polar surface area (TPSA) is 30.3 Å². The number of halogens is 1. The van der Waals surface area contributed by atoms with Gasteiger partial charge in [0, 0.05) is 26.3 Å². The van der Waals surface area contributed by atoms with Crippen molar-refractivity contribution in [1.29, 1.82) is 0 Å². The van der Waals surface area contributed by atoms with E-state index in [0.29, 0.717) is 5.41 Å². The first-order valence-corrected chi connectivity index (χ1v) is 5.50. The van der Waals surface area contributed by atoms with Crippen LogP contribution >= 0.6 is 15.9 Å². The highest BCUT2D eigenvalue weighted by molar-refractivity contribution is 9.10. The van der Waals surface area contributed by atoms with E-state index in [1.54, 1.807) is 0 Å². The highest BCUT2D eigenvalue weighted by Crippen LogP contribution is 2.41. The third-order valence-electron chi connectivity index (χ3n) is 2.93. The number of ether oxygens (including phenoxy) is 1. The van der Waals surface area contributed by atoms with Crippen LogP contribution in [0.25, 0.3) is 0 Å². The highest BCUT2D eigenvalue weighted by atomic mass is 79.9. The second-order valence-corrected chi connectivity index (χ2v) is 5.18. The van der Waals surface area contributed by atoms with E-state index in [2.05, 4.69) is 25.9 Å². The van der Waals surface area contributed by atoms with Gasteiger partial charge in [-0.1, -0.05) is 0 Å². The van der Waals surface area contributed by atoms with Crippen LogP contribution < -0.4 is 4.90 Å². The average molecular weight is 258 g/mol. The Morgan fingerprint density at radius 1 is 1.50 bits per heavy atom. The fourth-order valence-corrected chi connectivity index (χ4v) is 2.78. The zero-order chi connectivity index (χ0) is 9.76. The Bertz CT molecular complexity index is 364. The van der Waals surface area contributed by atoms with E-state index in [9.17, 15) is 0 Å². The van der Waals surface area contributed by atoms with Gasteiger partial charge in [0.2, 0.25) is 0 Å². The van der Waals surface area contributed by atoms with Crippen molar-refractivity contribution in [2.75, 3.05) is 31.2 Å². The van der Waals surface area contributed by atoms with E-state index >= 15 is 0 Å². The lowest BCUT2D eigenvalue weighted by Crippen LogP contribution is -2.66. The molecule has 0 amide bonds. The molecule has 2 aliphatic heterocycles. The third kappa shape index (κ3) is 1.12. The number of rotatable bonds is 1. The lowest BCUT2D eigenvalue weighted by atomic mass is 9.78. The number of aromatic nitrogens is 2. The standard InChI is InChI=1S/C9H12BrN3O/c1-12-2-7(10)8(11-12)13-3-9(4-13)5-14-6-9/h2H,3-6H2,1H3. The SMILES string of the molecule is Cn1cc(Br)c(N2CC3(COC3)C2)n1. The largest absolute Gasteiger partial charge is 0.380 e. The zero-order valence-electron chi connectivity index (χ0n) is 8.03. The Morgan fingerprint density at radius 2 is 2.21 bits per heavy atom. The van der Waals surface area contributed by atoms with Gasteiger partial charge in [0.05, 0.1) is 23.1 Å². The first kappa shape index (κ1) is 8.73. The number of aryl methyl sites for hydroxylation is 1. The molecule has 5 heteroatoms. The second-order valence-electron chi connectivity index (χ2n) is 4.32. The number of nitrogens with zero attached hydrogens (tertiary/aromatic N) is 3. The van der Waals surface area contributed by atoms with E-state index in [0.717, 1.165) is 36.6 Å². The van der Waals surface area contributed by atoms with Gasteiger partial charge in [-0.15, -0.1) is 0 Å². The third-order valence-corrected chi connectivity index (χ3v) is 3.49. The smallest absolute Gasteiger partial charge is 0.165 e. The number of hydrogen-bond donors (Lipinski definition) is 0. The molecule has 0 radical (unpaired) electrons. The highest BCUT2D eigenvalue weighted by Gasteiger charge is 2.49. The van der Waals surface area contributed by atoms with Gasteiger partial charge in [-0.05, 0) is 15.9 Å². The van der Waals surface area contributed by atoms with Crippen LogP contribution in [0, 0.1) is 5.41 Å². The summed E-state index contributed by atoms with van der Waals surface area (Å²) in [7, 11) is 1.94. The van der Waals surface area contributed by atoms with Crippen LogP contribution in [0.15, 0.2) is 10.7 Å². The predicted molar refractivity (Wildman–Crippen MR) is 56.4 cm³/mol. The van der Waals surface area contributed by atoms with Gasteiger partial charge in [0.1, 0.15) is 0 Å². The Balaban J connectivity index is 1.76. The molecule has 0 N–H and O–H groups in total. The lowest BCUT2D eigenvalue weighted by Gasteiger charge is -2.55. The minimum atomic E-state index is 0.455. The zero-order valence-corrected chi connectivity index (χ0v) is 9.62. The van der Waals surface area contributed by atoms with Gasteiger partial charge >= 0.3 is 0 Å². The second kappa shape index (κ2) is 2.73. The molecule has 14 heavy (non-hydrogen) atoms. The maximum Gasteiger partial charge on any atom is 0.165 e. The van der Waals surface area contributed by atoms with Crippen LogP contribution in [0.3, 0.4) is 0 Å². The van der Waals surface area contributed by atoms with Crippen LogP contribution in [0.4, 0.5) is 5.82 Å². The van der Waals surface area contributed by atoms with Crippen LogP contribution in [0.2, 0.25) is 0 Å². The lowest BCUT2D eigenvalue weighted by molar-refractivity contribution is -0.127. The molecule has 4 nitrogen and oxygen atoms in total. The molecule has 0 unspecified atom stereocenters.